The van der Waals surface area contributed by atoms with Crippen LogP contribution < -0.4 is 4.74 Å². The molecule has 0 amide bonds. The number of hydrogen-bond donors (Lipinski definition) is 0. The molecule has 0 bridgehead atoms. The van der Waals surface area contributed by atoms with Gasteiger partial charge in [0.15, 0.2) is 0 Å². The minimum atomic E-state index is -0.281. The highest BCUT2D eigenvalue weighted by Crippen LogP contribution is 2.23. The molecule has 0 fully saturated rings. The molecule has 0 heterocycles. The molecule has 0 unspecified atom stereocenters. The van der Waals surface area contributed by atoms with E-state index < -0.39 is 0 Å². The van der Waals surface area contributed by atoms with Crippen molar-refractivity contribution >= 4 is 16.7 Å². The third kappa shape index (κ3) is 4.09. The largest absolute Gasteiger partial charge is 0.427 e. The van der Waals surface area contributed by atoms with Crippen molar-refractivity contribution in [3.8, 4) is 5.75 Å². The summed E-state index contributed by atoms with van der Waals surface area (Å²) in [5, 5.41) is 2.31. The number of esters is 1. The maximum Gasteiger partial charge on any atom is 0.308 e. The van der Waals surface area contributed by atoms with E-state index in [1.165, 1.54) is 43.6 Å². The first-order valence-electron chi connectivity index (χ1n) is 7.40. The number of aryl methyl sites for hydroxylation is 1. The van der Waals surface area contributed by atoms with Crippen molar-refractivity contribution in [3.63, 3.8) is 0 Å². The van der Waals surface area contributed by atoms with Crippen molar-refractivity contribution in [2.24, 2.45) is 0 Å². The first-order chi connectivity index (χ1) is 9.69. The molecule has 20 heavy (non-hydrogen) atoms. The van der Waals surface area contributed by atoms with Gasteiger partial charge in [-0.3, -0.25) is 4.79 Å². The van der Waals surface area contributed by atoms with E-state index in [1.807, 2.05) is 18.2 Å². The van der Waals surface area contributed by atoms with Crippen molar-refractivity contribution in [1.82, 2.24) is 0 Å². The van der Waals surface area contributed by atoms with E-state index in [4.69, 9.17) is 4.74 Å². The summed E-state index contributed by atoms with van der Waals surface area (Å²) in [7, 11) is 0. The van der Waals surface area contributed by atoms with Crippen molar-refractivity contribution in [1.29, 1.82) is 0 Å². The Morgan fingerprint density at radius 2 is 1.75 bits per heavy atom. The van der Waals surface area contributed by atoms with Crippen molar-refractivity contribution in [2.75, 3.05) is 0 Å². The molecule has 0 N–H and O–H groups in total. The molecular formula is C18H22O2. The molecule has 0 radical (unpaired) electrons. The molecule has 0 aromatic heterocycles. The molecule has 0 atom stereocenters. The zero-order valence-electron chi connectivity index (χ0n) is 12.3. The molecule has 0 saturated heterocycles. The van der Waals surface area contributed by atoms with Crippen LogP contribution in [0.25, 0.3) is 10.8 Å². The average Bonchev–Trinajstić information content (AvgIpc) is 2.43. The average molecular weight is 270 g/mol. The topological polar surface area (TPSA) is 26.3 Å². The zero-order chi connectivity index (χ0) is 14.4. The number of fused-ring (bicyclic) bond motifs is 1. The summed E-state index contributed by atoms with van der Waals surface area (Å²) in [6.07, 6.45) is 6.29. The quantitative estimate of drug-likeness (QED) is 0.424. The van der Waals surface area contributed by atoms with Crippen LogP contribution in [0.1, 0.15) is 45.1 Å². The summed E-state index contributed by atoms with van der Waals surface area (Å²) in [5.74, 6) is 0.331. The Kier molecular flexibility index (Phi) is 5.16. The van der Waals surface area contributed by atoms with Crippen LogP contribution in [0, 0.1) is 0 Å². The third-order valence-corrected chi connectivity index (χ3v) is 3.46. The fourth-order valence-electron chi connectivity index (χ4n) is 2.41. The first-order valence-corrected chi connectivity index (χ1v) is 7.40. The maximum absolute atomic E-state index is 11.0. The highest BCUT2D eigenvalue weighted by Gasteiger charge is 2.01. The molecular weight excluding hydrogens is 248 g/mol. The SMILES string of the molecule is CCCCCCc1ccc2cc(OC(C)=O)ccc2c1. The number of hydrogen-bond acceptors (Lipinski definition) is 2. The lowest BCUT2D eigenvalue weighted by molar-refractivity contribution is -0.131. The summed E-state index contributed by atoms with van der Waals surface area (Å²) in [6, 6.07) is 12.3. The third-order valence-electron chi connectivity index (χ3n) is 3.46. The number of unbranched alkanes of at least 4 members (excludes halogenated alkanes) is 3. The van der Waals surface area contributed by atoms with Crippen LogP contribution in [0.4, 0.5) is 0 Å². The Bertz CT molecular complexity index is 587. The Morgan fingerprint density at radius 1 is 1.00 bits per heavy atom. The minimum Gasteiger partial charge on any atom is -0.427 e. The van der Waals surface area contributed by atoms with E-state index >= 15 is 0 Å². The molecule has 0 saturated carbocycles. The summed E-state index contributed by atoms with van der Waals surface area (Å²) in [4.78, 5) is 11.0. The van der Waals surface area contributed by atoms with Gasteiger partial charge in [0.1, 0.15) is 5.75 Å². The Morgan fingerprint density at radius 3 is 2.50 bits per heavy atom. The standard InChI is InChI=1S/C18H22O2/c1-3-4-5-6-7-15-8-9-17-13-18(20-14(2)19)11-10-16(17)12-15/h8-13H,3-7H2,1-2H3. The van der Waals surface area contributed by atoms with Crippen LogP contribution in [-0.4, -0.2) is 5.97 Å². The van der Waals surface area contributed by atoms with Crippen molar-refractivity contribution < 1.29 is 9.53 Å². The van der Waals surface area contributed by atoms with Gasteiger partial charge in [0.25, 0.3) is 0 Å². The number of rotatable bonds is 6. The number of ether oxygens (including phenoxy) is 1. The lowest BCUT2D eigenvalue weighted by Gasteiger charge is -2.06. The van der Waals surface area contributed by atoms with E-state index in [1.54, 1.807) is 0 Å². The molecule has 0 aliphatic heterocycles. The van der Waals surface area contributed by atoms with Gasteiger partial charge in [0.05, 0.1) is 0 Å². The van der Waals surface area contributed by atoms with Crippen LogP contribution in [0.15, 0.2) is 36.4 Å². The molecule has 0 aliphatic rings. The van der Waals surface area contributed by atoms with Gasteiger partial charge in [-0.1, -0.05) is 50.5 Å². The number of benzene rings is 2. The Hall–Kier alpha value is -1.83. The van der Waals surface area contributed by atoms with Gasteiger partial charge in [-0.25, -0.2) is 0 Å². The van der Waals surface area contributed by atoms with Crippen molar-refractivity contribution in [3.05, 3.63) is 42.0 Å². The lowest BCUT2D eigenvalue weighted by atomic mass is 10.0. The minimum absolute atomic E-state index is 0.281. The maximum atomic E-state index is 11.0. The van der Waals surface area contributed by atoms with Gasteiger partial charge >= 0.3 is 5.97 Å². The summed E-state index contributed by atoms with van der Waals surface area (Å²) < 4.78 is 5.11. The van der Waals surface area contributed by atoms with Crippen LogP contribution in [0.3, 0.4) is 0 Å². The molecule has 0 spiro atoms. The highest BCUT2D eigenvalue weighted by atomic mass is 16.5. The monoisotopic (exact) mass is 270 g/mol. The predicted molar refractivity (Wildman–Crippen MR) is 83.1 cm³/mol. The second-order valence-corrected chi connectivity index (χ2v) is 5.25. The van der Waals surface area contributed by atoms with Gasteiger partial charge in [-0.05, 0) is 41.3 Å². The molecule has 0 aliphatic carbocycles. The summed E-state index contributed by atoms with van der Waals surface area (Å²) in [5.41, 5.74) is 1.38. The predicted octanol–water partition coefficient (Wildman–Crippen LogP) is 4.89. The highest BCUT2D eigenvalue weighted by molar-refractivity contribution is 5.85. The molecule has 2 nitrogen and oxygen atoms in total. The van der Waals surface area contributed by atoms with Gasteiger partial charge < -0.3 is 4.74 Å². The van der Waals surface area contributed by atoms with Gasteiger partial charge in [0.2, 0.25) is 0 Å². The normalized spacial score (nSPS) is 10.7. The van der Waals surface area contributed by atoms with Crippen LogP contribution in [0.2, 0.25) is 0 Å². The number of carbonyl (C=O) groups is 1. The van der Waals surface area contributed by atoms with Crippen LogP contribution >= 0.6 is 0 Å². The fraction of sp³-hybridized carbons (Fsp3) is 0.389. The van der Waals surface area contributed by atoms with Crippen LogP contribution in [-0.2, 0) is 11.2 Å². The second-order valence-electron chi connectivity index (χ2n) is 5.25. The van der Waals surface area contributed by atoms with E-state index in [-0.39, 0.29) is 5.97 Å². The molecule has 2 aromatic carbocycles. The van der Waals surface area contributed by atoms with Gasteiger partial charge in [-0.2, -0.15) is 0 Å². The molecule has 2 rings (SSSR count). The molecule has 2 aromatic rings. The summed E-state index contributed by atoms with van der Waals surface area (Å²) >= 11 is 0. The van der Waals surface area contributed by atoms with Crippen LogP contribution in [0.5, 0.6) is 5.75 Å². The fourth-order valence-corrected chi connectivity index (χ4v) is 2.41. The van der Waals surface area contributed by atoms with E-state index in [9.17, 15) is 4.79 Å². The zero-order valence-corrected chi connectivity index (χ0v) is 12.3. The summed E-state index contributed by atoms with van der Waals surface area (Å²) in [6.45, 7) is 3.65. The van der Waals surface area contributed by atoms with E-state index in [0.717, 1.165) is 11.8 Å². The lowest BCUT2D eigenvalue weighted by Crippen LogP contribution is -2.00. The van der Waals surface area contributed by atoms with Crippen molar-refractivity contribution in [2.45, 2.75) is 46.0 Å². The van der Waals surface area contributed by atoms with Gasteiger partial charge in [-0.15, -0.1) is 0 Å². The second kappa shape index (κ2) is 7.09. The Balaban J connectivity index is 2.08. The molecule has 2 heteroatoms. The van der Waals surface area contributed by atoms with Gasteiger partial charge in [0, 0.05) is 6.92 Å². The van der Waals surface area contributed by atoms with E-state index in [2.05, 4.69) is 25.1 Å². The Labute approximate surface area is 120 Å². The smallest absolute Gasteiger partial charge is 0.308 e. The first kappa shape index (κ1) is 14.6. The van der Waals surface area contributed by atoms with E-state index in [0.29, 0.717) is 5.75 Å². The molecule has 106 valence electrons. The number of carbonyl (C=O) groups excluding carboxylic acids is 1.